The SMILES string of the molecule is Cc1ccc([C@H]2CC(c3ccccc3F)=NN2C(=O)CN(CCN2CCOCC2)C(=O)c2ccccc2F)cc1. The zero-order valence-corrected chi connectivity index (χ0v) is 22.4. The second-order valence-corrected chi connectivity index (χ2v) is 10.1. The van der Waals surface area contributed by atoms with Gasteiger partial charge in [0.15, 0.2) is 0 Å². The lowest BCUT2D eigenvalue weighted by molar-refractivity contribution is -0.133. The van der Waals surface area contributed by atoms with Crippen LogP contribution in [0.15, 0.2) is 77.9 Å². The molecule has 0 aromatic heterocycles. The molecule has 0 radical (unpaired) electrons. The van der Waals surface area contributed by atoms with Crippen LogP contribution in [0, 0.1) is 18.6 Å². The number of benzene rings is 3. The van der Waals surface area contributed by atoms with Crippen LogP contribution in [0.25, 0.3) is 0 Å². The van der Waals surface area contributed by atoms with Gasteiger partial charge < -0.3 is 9.64 Å². The summed E-state index contributed by atoms with van der Waals surface area (Å²) in [6.07, 6.45) is 0.324. The molecule has 1 fully saturated rings. The van der Waals surface area contributed by atoms with E-state index in [-0.39, 0.29) is 18.7 Å². The maximum Gasteiger partial charge on any atom is 0.262 e. The fourth-order valence-electron chi connectivity index (χ4n) is 5.03. The molecule has 0 bridgehead atoms. The lowest BCUT2D eigenvalue weighted by Crippen LogP contribution is -2.46. The molecule has 9 heteroatoms. The molecule has 1 saturated heterocycles. The van der Waals surface area contributed by atoms with Gasteiger partial charge in [-0.1, -0.05) is 60.2 Å². The van der Waals surface area contributed by atoms with Crippen LogP contribution in [0.3, 0.4) is 0 Å². The lowest BCUT2D eigenvalue weighted by atomic mass is 9.97. The Morgan fingerprint density at radius 2 is 1.62 bits per heavy atom. The molecule has 208 valence electrons. The van der Waals surface area contributed by atoms with Gasteiger partial charge in [-0.05, 0) is 30.7 Å². The van der Waals surface area contributed by atoms with Crippen LogP contribution in [0.5, 0.6) is 0 Å². The number of ether oxygens (including phenoxy) is 1. The minimum atomic E-state index is -0.644. The van der Waals surface area contributed by atoms with Crippen LogP contribution in [0.4, 0.5) is 8.78 Å². The Hall–Kier alpha value is -3.95. The quantitative estimate of drug-likeness (QED) is 0.420. The maximum atomic E-state index is 14.7. The maximum absolute atomic E-state index is 14.7. The smallest absolute Gasteiger partial charge is 0.262 e. The van der Waals surface area contributed by atoms with E-state index < -0.39 is 29.5 Å². The van der Waals surface area contributed by atoms with Crippen LogP contribution in [0.1, 0.15) is 39.5 Å². The van der Waals surface area contributed by atoms with E-state index in [1.165, 1.54) is 34.2 Å². The van der Waals surface area contributed by atoms with Crippen molar-refractivity contribution in [3.05, 3.63) is 107 Å². The summed E-state index contributed by atoms with van der Waals surface area (Å²) < 4.78 is 34.7. The first-order valence-corrected chi connectivity index (χ1v) is 13.5. The molecule has 5 rings (SSSR count). The van der Waals surface area contributed by atoms with Gasteiger partial charge in [0.05, 0.1) is 30.5 Å². The summed E-state index contributed by atoms with van der Waals surface area (Å²) >= 11 is 0. The Morgan fingerprint density at radius 3 is 2.33 bits per heavy atom. The Bertz CT molecular complexity index is 1390. The first kappa shape index (κ1) is 27.6. The van der Waals surface area contributed by atoms with Gasteiger partial charge in [-0.2, -0.15) is 5.10 Å². The summed E-state index contributed by atoms with van der Waals surface area (Å²) in [5.74, 6) is -2.05. The van der Waals surface area contributed by atoms with E-state index in [4.69, 9.17) is 4.74 Å². The van der Waals surface area contributed by atoms with Gasteiger partial charge in [0.25, 0.3) is 11.8 Å². The summed E-state index contributed by atoms with van der Waals surface area (Å²) in [7, 11) is 0. The van der Waals surface area contributed by atoms with Gasteiger partial charge in [-0.3, -0.25) is 14.5 Å². The van der Waals surface area contributed by atoms with Crippen molar-refractivity contribution in [2.45, 2.75) is 19.4 Å². The van der Waals surface area contributed by atoms with Crippen molar-refractivity contribution in [2.75, 3.05) is 45.9 Å². The van der Waals surface area contributed by atoms with Crippen LogP contribution in [-0.4, -0.2) is 78.3 Å². The predicted molar refractivity (Wildman–Crippen MR) is 148 cm³/mol. The van der Waals surface area contributed by atoms with Crippen molar-refractivity contribution in [2.24, 2.45) is 5.10 Å². The van der Waals surface area contributed by atoms with E-state index in [1.807, 2.05) is 31.2 Å². The summed E-state index contributed by atoms with van der Waals surface area (Å²) in [6.45, 7) is 5.05. The van der Waals surface area contributed by atoms with Gasteiger partial charge >= 0.3 is 0 Å². The first-order chi connectivity index (χ1) is 19.4. The average Bonchev–Trinajstić information content (AvgIpc) is 3.42. The fourth-order valence-corrected chi connectivity index (χ4v) is 5.03. The summed E-state index contributed by atoms with van der Waals surface area (Å²) in [5, 5.41) is 5.92. The molecule has 7 nitrogen and oxygen atoms in total. The highest BCUT2D eigenvalue weighted by Crippen LogP contribution is 2.33. The van der Waals surface area contributed by atoms with Crippen LogP contribution >= 0.6 is 0 Å². The molecule has 2 heterocycles. The summed E-state index contributed by atoms with van der Waals surface area (Å²) in [4.78, 5) is 30.9. The van der Waals surface area contributed by atoms with Crippen molar-refractivity contribution in [3.8, 4) is 0 Å². The van der Waals surface area contributed by atoms with Gasteiger partial charge in [0.1, 0.15) is 18.2 Å². The third-order valence-electron chi connectivity index (χ3n) is 7.32. The monoisotopic (exact) mass is 546 g/mol. The van der Waals surface area contributed by atoms with Crippen molar-refractivity contribution in [1.29, 1.82) is 0 Å². The minimum absolute atomic E-state index is 0.0932. The highest BCUT2D eigenvalue weighted by Gasteiger charge is 2.35. The molecule has 2 aliphatic heterocycles. The minimum Gasteiger partial charge on any atom is -0.379 e. The molecule has 1 atom stereocenters. The average molecular weight is 547 g/mol. The Kier molecular flexibility index (Phi) is 8.62. The number of hydrogen-bond acceptors (Lipinski definition) is 5. The Morgan fingerprint density at radius 1 is 0.950 bits per heavy atom. The van der Waals surface area contributed by atoms with Crippen LogP contribution in [-0.2, 0) is 9.53 Å². The van der Waals surface area contributed by atoms with E-state index in [0.29, 0.717) is 50.5 Å². The molecule has 0 N–H and O–H groups in total. The number of carbonyl (C=O) groups excluding carboxylic acids is 2. The number of nitrogens with zero attached hydrogens (tertiary/aromatic N) is 4. The zero-order valence-electron chi connectivity index (χ0n) is 22.4. The molecular formula is C31H32F2N4O3. The number of hydrazone groups is 1. The Balaban J connectivity index is 1.43. The van der Waals surface area contributed by atoms with Gasteiger partial charge in [-0.15, -0.1) is 0 Å². The second kappa shape index (κ2) is 12.5. The molecule has 40 heavy (non-hydrogen) atoms. The zero-order chi connectivity index (χ0) is 28.1. The number of aryl methyl sites for hydroxylation is 1. The number of halogens is 2. The predicted octanol–water partition coefficient (Wildman–Crippen LogP) is 4.43. The molecule has 3 aromatic carbocycles. The lowest BCUT2D eigenvalue weighted by Gasteiger charge is -2.31. The van der Waals surface area contributed by atoms with Gasteiger partial charge in [0, 0.05) is 38.2 Å². The fraction of sp³-hybridized carbons (Fsp3) is 0.323. The van der Waals surface area contributed by atoms with E-state index in [9.17, 15) is 18.4 Å². The van der Waals surface area contributed by atoms with E-state index in [0.717, 1.165) is 11.1 Å². The number of rotatable bonds is 8. The van der Waals surface area contributed by atoms with Crippen molar-refractivity contribution in [3.63, 3.8) is 0 Å². The normalized spacial score (nSPS) is 17.5. The number of carbonyl (C=O) groups is 2. The molecule has 0 saturated carbocycles. The van der Waals surface area contributed by atoms with Crippen LogP contribution < -0.4 is 0 Å². The largest absolute Gasteiger partial charge is 0.379 e. The molecule has 2 amide bonds. The highest BCUT2D eigenvalue weighted by atomic mass is 19.1. The van der Waals surface area contributed by atoms with Crippen molar-refractivity contribution < 1.29 is 23.1 Å². The molecular weight excluding hydrogens is 514 g/mol. The van der Waals surface area contributed by atoms with E-state index >= 15 is 0 Å². The first-order valence-electron chi connectivity index (χ1n) is 13.5. The third-order valence-corrected chi connectivity index (χ3v) is 7.32. The molecule has 3 aromatic rings. The Labute approximate surface area is 232 Å². The summed E-state index contributed by atoms with van der Waals surface area (Å²) in [5.41, 5.74) is 2.62. The number of amides is 2. The highest BCUT2D eigenvalue weighted by molar-refractivity contribution is 6.04. The third kappa shape index (κ3) is 6.26. The topological polar surface area (TPSA) is 65.5 Å². The molecule has 2 aliphatic rings. The van der Waals surface area contributed by atoms with E-state index in [1.54, 1.807) is 24.3 Å². The van der Waals surface area contributed by atoms with Crippen LogP contribution in [0.2, 0.25) is 0 Å². The number of hydrogen-bond donors (Lipinski definition) is 0. The standard InChI is InChI=1S/C31H32F2N4O3/c1-22-10-12-23(13-11-22)29-20-28(24-6-2-4-8-26(24)32)34-37(29)30(38)21-36(15-14-35-16-18-40-19-17-35)31(39)25-7-3-5-9-27(25)33/h2-13,29H,14-21H2,1H3/t29-/m1/s1. The van der Waals surface area contributed by atoms with E-state index in [2.05, 4.69) is 10.0 Å². The number of morpholine rings is 1. The van der Waals surface area contributed by atoms with Gasteiger partial charge in [-0.25, -0.2) is 13.8 Å². The van der Waals surface area contributed by atoms with Crippen molar-refractivity contribution in [1.82, 2.24) is 14.8 Å². The molecule has 0 unspecified atom stereocenters. The van der Waals surface area contributed by atoms with Crippen molar-refractivity contribution >= 4 is 17.5 Å². The summed E-state index contributed by atoms with van der Waals surface area (Å²) in [6, 6.07) is 19.4. The molecule has 0 aliphatic carbocycles. The molecule has 0 spiro atoms. The van der Waals surface area contributed by atoms with Gasteiger partial charge in [0.2, 0.25) is 0 Å². The second-order valence-electron chi connectivity index (χ2n) is 10.1.